The lowest BCUT2D eigenvalue weighted by atomic mass is 10.0. The van der Waals surface area contributed by atoms with E-state index >= 15 is 0 Å². The van der Waals surface area contributed by atoms with Crippen molar-refractivity contribution in [3.8, 4) is 0 Å². The number of nitrogens with zero attached hydrogens (tertiary/aromatic N) is 4. The van der Waals surface area contributed by atoms with E-state index in [1.165, 1.54) is 10.9 Å². The summed E-state index contributed by atoms with van der Waals surface area (Å²) in [5, 5.41) is 20.4. The first kappa shape index (κ1) is 20.1. The predicted molar refractivity (Wildman–Crippen MR) is 91.8 cm³/mol. The molecule has 1 saturated heterocycles. The maximum Gasteiger partial charge on any atom is 0.332 e. The number of aromatic nitrogens is 4. The summed E-state index contributed by atoms with van der Waals surface area (Å²) in [4.78, 5) is 41.1. The summed E-state index contributed by atoms with van der Waals surface area (Å²) in [6, 6.07) is 0. The molecule has 3 rings (SSSR count). The van der Waals surface area contributed by atoms with Crippen molar-refractivity contribution < 1.29 is 34.1 Å². The lowest BCUT2D eigenvalue weighted by Gasteiger charge is -2.16. The number of Topliss-reactive ketones (excluding diaryl/α,β-unsaturated/α-hetero) is 1. The molecule has 148 valence electrons. The number of halogens is 1. The fourth-order valence-corrected chi connectivity index (χ4v) is 3.70. The Hall–Kier alpha value is -1.66. The minimum atomic E-state index is -4.45. The van der Waals surface area contributed by atoms with Gasteiger partial charge in [-0.1, -0.05) is 0 Å². The smallest absolute Gasteiger partial charge is 0.332 e. The second-order valence-corrected chi connectivity index (χ2v) is 8.13. The first-order valence-corrected chi connectivity index (χ1v) is 9.98. The molecule has 12 nitrogen and oxygen atoms in total. The molecule has 2 aromatic rings. The summed E-state index contributed by atoms with van der Waals surface area (Å²) in [6.45, 7) is 0. The second-order valence-electron chi connectivity index (χ2n) is 6.15. The van der Waals surface area contributed by atoms with E-state index in [0.29, 0.717) is 0 Å². The first-order valence-electron chi connectivity index (χ1n) is 7.80. The number of rotatable bonds is 6. The summed E-state index contributed by atoms with van der Waals surface area (Å²) >= 11 is 5.79. The maximum atomic E-state index is 11.6. The minimum absolute atomic E-state index is 0.0297. The summed E-state index contributed by atoms with van der Waals surface area (Å²) in [6.07, 6.45) is -4.54. The number of anilines is 1. The third-order valence-electron chi connectivity index (χ3n) is 4.12. The molecule has 6 N–H and O–H groups in total. The van der Waals surface area contributed by atoms with Crippen molar-refractivity contribution in [3.63, 3.8) is 0 Å². The minimum Gasteiger partial charge on any atom is -0.388 e. The molecule has 0 radical (unpaired) electrons. The van der Waals surface area contributed by atoms with Gasteiger partial charge >= 0.3 is 7.60 Å². The third kappa shape index (κ3) is 4.27. The maximum absolute atomic E-state index is 11.6. The predicted octanol–water partition coefficient (Wildman–Crippen LogP) is -0.792. The van der Waals surface area contributed by atoms with E-state index in [1.807, 2.05) is 0 Å². The number of ketones is 1. The van der Waals surface area contributed by atoms with E-state index < -0.39 is 44.1 Å². The number of aliphatic hydroxyl groups excluding tert-OH is 2. The van der Waals surface area contributed by atoms with Gasteiger partial charge in [-0.15, -0.1) is 0 Å². The van der Waals surface area contributed by atoms with Gasteiger partial charge in [0.2, 0.25) is 5.28 Å². The Morgan fingerprint density at radius 3 is 2.70 bits per heavy atom. The SMILES string of the molecule is Nc1nc(Cl)nc2c1ncn2C1OC(CCC(=O)CP(=O)(O)O)C(O)C1O. The van der Waals surface area contributed by atoms with Crippen LogP contribution in [0.3, 0.4) is 0 Å². The van der Waals surface area contributed by atoms with Crippen LogP contribution in [-0.4, -0.2) is 69.8 Å². The van der Waals surface area contributed by atoms with Gasteiger partial charge < -0.3 is 30.5 Å². The van der Waals surface area contributed by atoms with E-state index in [4.69, 9.17) is 31.9 Å². The van der Waals surface area contributed by atoms with Crippen molar-refractivity contribution in [1.29, 1.82) is 0 Å². The Bertz CT molecular complexity index is 918. The van der Waals surface area contributed by atoms with Crippen LogP contribution in [0.4, 0.5) is 5.82 Å². The largest absolute Gasteiger partial charge is 0.388 e. The highest BCUT2D eigenvalue weighted by Crippen LogP contribution is 2.36. The number of carbonyl (C=O) groups excluding carboxylic acids is 1. The fraction of sp³-hybridized carbons (Fsp3) is 0.538. The highest BCUT2D eigenvalue weighted by molar-refractivity contribution is 7.52. The zero-order valence-corrected chi connectivity index (χ0v) is 15.4. The van der Waals surface area contributed by atoms with Crippen molar-refractivity contribution in [2.24, 2.45) is 0 Å². The monoisotopic (exact) mass is 421 g/mol. The molecule has 0 aliphatic carbocycles. The average molecular weight is 422 g/mol. The van der Waals surface area contributed by atoms with Gasteiger partial charge in [-0.3, -0.25) is 13.9 Å². The molecule has 2 aromatic heterocycles. The van der Waals surface area contributed by atoms with Crippen molar-refractivity contribution in [2.45, 2.75) is 37.4 Å². The quantitative estimate of drug-likeness (QED) is 0.289. The molecule has 3 heterocycles. The van der Waals surface area contributed by atoms with Gasteiger partial charge in [-0.25, -0.2) is 4.98 Å². The van der Waals surface area contributed by atoms with Gasteiger partial charge in [0, 0.05) is 6.42 Å². The van der Waals surface area contributed by atoms with Gasteiger partial charge in [0.15, 0.2) is 17.7 Å². The van der Waals surface area contributed by atoms with Crippen LogP contribution in [0.2, 0.25) is 5.28 Å². The lowest BCUT2D eigenvalue weighted by Crippen LogP contribution is -2.31. The van der Waals surface area contributed by atoms with Crippen LogP contribution in [-0.2, 0) is 14.1 Å². The number of nitrogen functional groups attached to an aromatic ring is 1. The van der Waals surface area contributed by atoms with Gasteiger partial charge in [0.1, 0.15) is 29.7 Å². The molecule has 0 bridgehead atoms. The Kier molecular flexibility index (Phi) is 5.50. The lowest BCUT2D eigenvalue weighted by molar-refractivity contribution is -0.118. The number of hydrogen-bond acceptors (Lipinski definition) is 9. The van der Waals surface area contributed by atoms with Gasteiger partial charge in [-0.2, -0.15) is 9.97 Å². The Labute approximate surface area is 157 Å². The molecule has 27 heavy (non-hydrogen) atoms. The summed E-state index contributed by atoms with van der Waals surface area (Å²) in [5.74, 6) is -0.631. The van der Waals surface area contributed by atoms with Crippen LogP contribution in [0.5, 0.6) is 0 Å². The molecule has 0 spiro atoms. The number of carbonyl (C=O) groups is 1. The molecule has 1 aliphatic rings. The fourth-order valence-electron chi connectivity index (χ4n) is 2.91. The molecule has 1 aliphatic heterocycles. The van der Waals surface area contributed by atoms with E-state index in [0.717, 1.165) is 0 Å². The first-order chi connectivity index (χ1) is 12.6. The third-order valence-corrected chi connectivity index (χ3v) is 5.06. The Morgan fingerprint density at radius 1 is 1.33 bits per heavy atom. The van der Waals surface area contributed by atoms with E-state index in [2.05, 4.69) is 15.0 Å². The van der Waals surface area contributed by atoms with Crippen molar-refractivity contribution in [1.82, 2.24) is 19.5 Å². The molecular formula is C13H17ClN5O7P. The molecule has 1 fully saturated rings. The average Bonchev–Trinajstić information content (AvgIpc) is 3.07. The van der Waals surface area contributed by atoms with E-state index in [1.54, 1.807) is 0 Å². The van der Waals surface area contributed by atoms with Crippen LogP contribution in [0, 0.1) is 0 Å². The molecule has 0 aromatic carbocycles. The summed E-state index contributed by atoms with van der Waals surface area (Å²) in [7, 11) is -4.45. The van der Waals surface area contributed by atoms with Crippen molar-refractivity contribution >= 4 is 42.0 Å². The van der Waals surface area contributed by atoms with Crippen LogP contribution < -0.4 is 5.73 Å². The zero-order valence-electron chi connectivity index (χ0n) is 13.7. The number of hydrogen-bond donors (Lipinski definition) is 5. The number of fused-ring (bicyclic) bond motifs is 1. The van der Waals surface area contributed by atoms with Crippen LogP contribution in [0.1, 0.15) is 19.1 Å². The number of aliphatic hydroxyl groups is 2. The van der Waals surface area contributed by atoms with Crippen LogP contribution in [0.25, 0.3) is 11.2 Å². The summed E-state index contributed by atoms with van der Waals surface area (Å²) < 4.78 is 17.8. The van der Waals surface area contributed by atoms with Crippen molar-refractivity contribution in [3.05, 3.63) is 11.6 Å². The van der Waals surface area contributed by atoms with Crippen LogP contribution in [0.15, 0.2) is 6.33 Å². The topological polar surface area (TPSA) is 194 Å². The Balaban J connectivity index is 1.76. The number of nitrogens with two attached hydrogens (primary N) is 1. The summed E-state index contributed by atoms with van der Waals surface area (Å²) in [5.41, 5.74) is 6.16. The van der Waals surface area contributed by atoms with Crippen LogP contribution >= 0.6 is 19.2 Å². The molecule has 0 amide bonds. The zero-order chi connectivity index (χ0) is 19.9. The standard InChI is InChI=1S/C13H17ClN5O7P/c14-13-17-10(15)7-11(18-13)19(4-16-7)12-9(22)8(21)6(26-12)2-1-5(20)3-27(23,24)25/h4,6,8-9,12,21-22H,1-3H2,(H2,15,17,18)(H2,23,24,25). The number of ether oxygens (including phenoxy) is 1. The normalized spacial score (nSPS) is 26.0. The van der Waals surface area contributed by atoms with E-state index in [9.17, 15) is 19.6 Å². The highest BCUT2D eigenvalue weighted by Gasteiger charge is 2.44. The van der Waals surface area contributed by atoms with Crippen molar-refractivity contribution in [2.75, 3.05) is 11.9 Å². The van der Waals surface area contributed by atoms with E-state index in [-0.39, 0.29) is 35.1 Å². The van der Waals surface area contributed by atoms with Gasteiger partial charge in [0.25, 0.3) is 0 Å². The molecule has 4 unspecified atom stereocenters. The highest BCUT2D eigenvalue weighted by atomic mass is 35.5. The van der Waals surface area contributed by atoms with Gasteiger partial charge in [-0.05, 0) is 18.0 Å². The van der Waals surface area contributed by atoms with Gasteiger partial charge in [0.05, 0.1) is 12.4 Å². The molecule has 4 atom stereocenters. The molecule has 14 heteroatoms. The number of imidazole rings is 1. The second kappa shape index (κ2) is 7.40. The molecule has 0 saturated carbocycles. The Morgan fingerprint density at radius 2 is 2.04 bits per heavy atom. The molecular weight excluding hydrogens is 405 g/mol.